The van der Waals surface area contributed by atoms with Crippen LogP contribution in [-0.2, 0) is 19.1 Å². The van der Waals surface area contributed by atoms with E-state index in [0.717, 1.165) is 0 Å². The zero-order valence-corrected chi connectivity index (χ0v) is 19.3. The van der Waals surface area contributed by atoms with E-state index in [-0.39, 0.29) is 43.2 Å². The van der Waals surface area contributed by atoms with Crippen LogP contribution in [0.15, 0.2) is 24.3 Å². The van der Waals surface area contributed by atoms with Crippen molar-refractivity contribution < 1.29 is 23.9 Å². The fraction of sp³-hybridized carbons (Fsp3) is 0.565. The first-order chi connectivity index (χ1) is 15.3. The molecule has 2 rings (SSSR count). The van der Waals surface area contributed by atoms with Gasteiger partial charge in [0.25, 0.3) is 5.91 Å². The van der Waals surface area contributed by atoms with Crippen LogP contribution in [0.25, 0.3) is 0 Å². The minimum absolute atomic E-state index is 0.0336. The van der Waals surface area contributed by atoms with Crippen molar-refractivity contribution in [2.24, 2.45) is 5.92 Å². The maximum Gasteiger partial charge on any atom is 0.308 e. The van der Waals surface area contributed by atoms with Crippen LogP contribution >= 0.6 is 0 Å². The first-order valence-corrected chi connectivity index (χ1v) is 11.1. The van der Waals surface area contributed by atoms with Crippen molar-refractivity contribution in [1.29, 1.82) is 0 Å². The minimum atomic E-state index is -0.883. The highest BCUT2D eigenvalue weighted by molar-refractivity contribution is 5.95. The molecule has 9 heteroatoms. The summed E-state index contributed by atoms with van der Waals surface area (Å²) >= 11 is 0. The second-order valence-corrected chi connectivity index (χ2v) is 8.08. The number of anilines is 1. The number of carbonyl (C=O) groups is 4. The van der Waals surface area contributed by atoms with Crippen LogP contribution in [0.2, 0.25) is 0 Å². The highest BCUT2D eigenvalue weighted by Gasteiger charge is 2.35. The van der Waals surface area contributed by atoms with Gasteiger partial charge in [-0.2, -0.15) is 0 Å². The number of piperazine rings is 1. The molecule has 1 aromatic rings. The van der Waals surface area contributed by atoms with Gasteiger partial charge in [0.15, 0.2) is 0 Å². The molecular weight excluding hydrogens is 412 g/mol. The maximum atomic E-state index is 12.8. The third kappa shape index (κ3) is 6.96. The number of hydrogen-bond acceptors (Lipinski definition) is 6. The smallest absolute Gasteiger partial charge is 0.308 e. The number of hydrogen-bond donors (Lipinski definition) is 2. The van der Waals surface area contributed by atoms with E-state index in [4.69, 9.17) is 4.74 Å². The van der Waals surface area contributed by atoms with Crippen LogP contribution in [0.1, 0.15) is 44.5 Å². The fourth-order valence-electron chi connectivity index (χ4n) is 3.40. The van der Waals surface area contributed by atoms with Crippen molar-refractivity contribution in [2.45, 2.75) is 40.2 Å². The maximum absolute atomic E-state index is 12.8. The second-order valence-electron chi connectivity index (χ2n) is 8.08. The van der Waals surface area contributed by atoms with Crippen LogP contribution in [0.4, 0.5) is 5.69 Å². The molecule has 3 amide bonds. The van der Waals surface area contributed by atoms with Gasteiger partial charge in [-0.3, -0.25) is 19.2 Å². The van der Waals surface area contributed by atoms with E-state index in [1.165, 1.54) is 4.90 Å². The van der Waals surface area contributed by atoms with Crippen molar-refractivity contribution in [3.05, 3.63) is 29.8 Å². The van der Waals surface area contributed by atoms with Crippen molar-refractivity contribution in [3.63, 3.8) is 0 Å². The predicted molar refractivity (Wildman–Crippen MR) is 121 cm³/mol. The second kappa shape index (κ2) is 12.1. The molecule has 2 N–H and O–H groups in total. The third-order valence-electron chi connectivity index (χ3n) is 5.22. The lowest BCUT2D eigenvalue weighted by molar-refractivity contribution is -0.152. The van der Waals surface area contributed by atoms with Crippen LogP contribution in [0, 0.1) is 5.92 Å². The lowest BCUT2D eigenvalue weighted by atomic mass is 10.1. The SMILES string of the molecule is CCN(CC)C(=O)c1ccc(NCC(=O)N2CCNC(=O)C2CC(=O)OCC(C)C)cc1. The standard InChI is InChI=1S/C23H34N4O5/c1-5-26(6-2)23(31)17-7-9-18(10-8-17)25-14-20(28)27-12-11-24-22(30)19(27)13-21(29)32-15-16(3)4/h7-10,16,19,25H,5-6,11-15H2,1-4H3,(H,24,30). The molecular formula is C23H34N4O5. The van der Waals surface area contributed by atoms with Crippen molar-refractivity contribution in [3.8, 4) is 0 Å². The Morgan fingerprint density at radius 1 is 1.19 bits per heavy atom. The molecule has 1 aliphatic heterocycles. The molecule has 1 atom stereocenters. The van der Waals surface area contributed by atoms with E-state index in [9.17, 15) is 19.2 Å². The lowest BCUT2D eigenvalue weighted by Gasteiger charge is -2.34. The molecule has 0 radical (unpaired) electrons. The van der Waals surface area contributed by atoms with Gasteiger partial charge in [0.05, 0.1) is 19.6 Å². The van der Waals surface area contributed by atoms with E-state index in [1.807, 2.05) is 27.7 Å². The van der Waals surface area contributed by atoms with Crippen LogP contribution in [-0.4, -0.2) is 78.9 Å². The summed E-state index contributed by atoms with van der Waals surface area (Å²) in [4.78, 5) is 52.7. The van der Waals surface area contributed by atoms with Crippen LogP contribution in [0.3, 0.4) is 0 Å². The summed E-state index contributed by atoms with van der Waals surface area (Å²) in [5.41, 5.74) is 1.27. The average molecular weight is 447 g/mol. The van der Waals surface area contributed by atoms with Gasteiger partial charge in [0.2, 0.25) is 11.8 Å². The van der Waals surface area contributed by atoms with Gasteiger partial charge in [-0.1, -0.05) is 13.8 Å². The molecule has 1 unspecified atom stereocenters. The Morgan fingerprint density at radius 3 is 2.44 bits per heavy atom. The zero-order valence-electron chi connectivity index (χ0n) is 19.3. The van der Waals surface area contributed by atoms with E-state index >= 15 is 0 Å². The van der Waals surface area contributed by atoms with Crippen LogP contribution < -0.4 is 10.6 Å². The molecule has 176 valence electrons. The normalized spacial score (nSPS) is 15.8. The molecule has 1 fully saturated rings. The number of amides is 3. The van der Waals surface area contributed by atoms with Gasteiger partial charge in [-0.25, -0.2) is 0 Å². The summed E-state index contributed by atoms with van der Waals surface area (Å²) in [6, 6.07) is 6.04. The van der Waals surface area contributed by atoms with E-state index in [0.29, 0.717) is 37.4 Å². The van der Waals surface area contributed by atoms with Crippen LogP contribution in [0.5, 0.6) is 0 Å². The Kier molecular flexibility index (Phi) is 9.49. The Labute approximate surface area is 189 Å². The fourth-order valence-corrected chi connectivity index (χ4v) is 3.40. The Bertz CT molecular complexity index is 805. The average Bonchev–Trinajstić information content (AvgIpc) is 2.78. The van der Waals surface area contributed by atoms with Gasteiger partial charge in [-0.15, -0.1) is 0 Å². The monoisotopic (exact) mass is 446 g/mol. The Morgan fingerprint density at radius 2 is 1.84 bits per heavy atom. The molecule has 0 bridgehead atoms. The molecule has 1 saturated heterocycles. The summed E-state index contributed by atoms with van der Waals surface area (Å²) in [6.07, 6.45) is -0.174. The quantitative estimate of drug-likeness (QED) is 0.528. The summed E-state index contributed by atoms with van der Waals surface area (Å²) < 4.78 is 5.17. The van der Waals surface area contributed by atoms with Crippen molar-refractivity contribution >= 4 is 29.4 Å². The number of ether oxygens (including phenoxy) is 1. The highest BCUT2D eigenvalue weighted by Crippen LogP contribution is 2.14. The molecule has 0 aromatic heterocycles. The van der Waals surface area contributed by atoms with E-state index in [2.05, 4.69) is 10.6 Å². The summed E-state index contributed by atoms with van der Waals surface area (Å²) in [5, 5.41) is 5.73. The Balaban J connectivity index is 1.95. The summed E-state index contributed by atoms with van der Waals surface area (Å²) in [5.74, 6) is -0.992. The van der Waals surface area contributed by atoms with E-state index < -0.39 is 12.0 Å². The van der Waals surface area contributed by atoms with Gasteiger partial charge in [0, 0.05) is 37.4 Å². The number of nitrogens with zero attached hydrogens (tertiary/aromatic N) is 2. The zero-order chi connectivity index (χ0) is 23.7. The van der Waals surface area contributed by atoms with Crippen molar-refractivity contribution in [1.82, 2.24) is 15.1 Å². The predicted octanol–water partition coefficient (Wildman–Crippen LogP) is 1.50. The molecule has 0 aliphatic carbocycles. The van der Waals surface area contributed by atoms with Gasteiger partial charge in [0.1, 0.15) is 6.04 Å². The third-order valence-corrected chi connectivity index (χ3v) is 5.22. The number of carbonyl (C=O) groups excluding carboxylic acids is 4. The number of benzene rings is 1. The van der Waals surface area contributed by atoms with Gasteiger partial charge >= 0.3 is 5.97 Å². The van der Waals surface area contributed by atoms with Gasteiger partial charge < -0.3 is 25.2 Å². The number of esters is 1. The molecule has 9 nitrogen and oxygen atoms in total. The largest absolute Gasteiger partial charge is 0.465 e. The molecule has 1 aromatic carbocycles. The molecule has 0 saturated carbocycles. The number of rotatable bonds is 10. The summed E-state index contributed by atoms with van der Waals surface area (Å²) in [6.45, 7) is 9.89. The number of nitrogens with one attached hydrogen (secondary N) is 2. The van der Waals surface area contributed by atoms with E-state index in [1.54, 1.807) is 29.2 Å². The minimum Gasteiger partial charge on any atom is -0.465 e. The first kappa shape index (κ1) is 25.2. The molecule has 32 heavy (non-hydrogen) atoms. The topological polar surface area (TPSA) is 108 Å². The highest BCUT2D eigenvalue weighted by atomic mass is 16.5. The lowest BCUT2D eigenvalue weighted by Crippen LogP contribution is -2.58. The Hall–Kier alpha value is -3.10. The molecule has 1 aliphatic rings. The molecule has 1 heterocycles. The van der Waals surface area contributed by atoms with Crippen molar-refractivity contribution in [2.75, 3.05) is 44.6 Å². The molecule has 0 spiro atoms. The van der Waals surface area contributed by atoms with Gasteiger partial charge in [-0.05, 0) is 44.0 Å². The first-order valence-electron chi connectivity index (χ1n) is 11.1. The summed E-state index contributed by atoms with van der Waals surface area (Å²) in [7, 11) is 0.